The van der Waals surface area contributed by atoms with Crippen molar-refractivity contribution in [3.8, 4) is 5.75 Å². The lowest BCUT2D eigenvalue weighted by atomic mass is 9.94. The fraction of sp³-hybridized carbons (Fsp3) is 0.682. The first-order chi connectivity index (χ1) is 12.7. The van der Waals surface area contributed by atoms with Crippen LogP contribution in [0, 0.1) is 6.92 Å². The lowest BCUT2D eigenvalue weighted by molar-refractivity contribution is 0.0258. The van der Waals surface area contributed by atoms with Gasteiger partial charge in [-0.15, -0.1) is 0 Å². The van der Waals surface area contributed by atoms with E-state index < -0.39 is 5.60 Å². The second kappa shape index (κ2) is 7.61. The standard InChI is InChI=1S/C22H34N2O3/c1-7-10-24-15(2)14-26-19-13-17-8-11-23(21(25)27-22(4,5)6)12-9-18(17)16(3)20(19)24/h13,15H,7-12,14H2,1-6H3/t15-/m0/s1. The molecule has 0 bridgehead atoms. The Bertz CT molecular complexity index is 708. The van der Waals surface area contributed by atoms with Gasteiger partial charge >= 0.3 is 6.09 Å². The van der Waals surface area contributed by atoms with Crippen LogP contribution in [0.3, 0.4) is 0 Å². The fourth-order valence-corrected chi connectivity index (χ4v) is 4.14. The van der Waals surface area contributed by atoms with Gasteiger partial charge in [0.1, 0.15) is 18.0 Å². The molecule has 0 unspecified atom stereocenters. The number of rotatable bonds is 2. The maximum Gasteiger partial charge on any atom is 0.410 e. The largest absolute Gasteiger partial charge is 0.489 e. The summed E-state index contributed by atoms with van der Waals surface area (Å²) in [6.07, 6.45) is 2.61. The minimum absolute atomic E-state index is 0.213. The van der Waals surface area contributed by atoms with Crippen LogP contribution in [0.15, 0.2) is 6.07 Å². The van der Waals surface area contributed by atoms with E-state index in [1.54, 1.807) is 0 Å². The number of ether oxygens (including phenoxy) is 2. The van der Waals surface area contributed by atoms with E-state index in [4.69, 9.17) is 9.47 Å². The highest BCUT2D eigenvalue weighted by atomic mass is 16.6. The molecule has 3 rings (SSSR count). The van der Waals surface area contributed by atoms with Crippen LogP contribution in [-0.4, -0.2) is 48.9 Å². The quantitative estimate of drug-likeness (QED) is 0.773. The van der Waals surface area contributed by atoms with Crippen molar-refractivity contribution < 1.29 is 14.3 Å². The Hall–Kier alpha value is -1.91. The summed E-state index contributed by atoms with van der Waals surface area (Å²) in [6.45, 7) is 15.6. The highest BCUT2D eigenvalue weighted by Crippen LogP contribution is 2.41. The van der Waals surface area contributed by atoms with Gasteiger partial charge in [-0.1, -0.05) is 6.92 Å². The van der Waals surface area contributed by atoms with Gasteiger partial charge in [-0.05, 0) is 76.6 Å². The molecule has 150 valence electrons. The molecule has 2 aliphatic heterocycles. The first kappa shape index (κ1) is 19.8. The SMILES string of the molecule is CCCN1c2c(cc3c(c2C)CCN(C(=O)OC(C)(C)C)CC3)OC[C@@H]1C. The summed E-state index contributed by atoms with van der Waals surface area (Å²) >= 11 is 0. The molecule has 1 aromatic rings. The van der Waals surface area contributed by atoms with Gasteiger partial charge in [0.25, 0.3) is 0 Å². The molecule has 0 aliphatic carbocycles. The summed E-state index contributed by atoms with van der Waals surface area (Å²) in [5, 5.41) is 0. The summed E-state index contributed by atoms with van der Waals surface area (Å²) in [6, 6.07) is 2.60. The summed E-state index contributed by atoms with van der Waals surface area (Å²) in [5.74, 6) is 1.00. The van der Waals surface area contributed by atoms with Crippen LogP contribution in [0.4, 0.5) is 10.5 Å². The van der Waals surface area contributed by atoms with Crippen molar-refractivity contribution in [1.29, 1.82) is 0 Å². The number of amides is 1. The van der Waals surface area contributed by atoms with Crippen LogP contribution in [0.1, 0.15) is 57.7 Å². The van der Waals surface area contributed by atoms with E-state index in [9.17, 15) is 4.79 Å². The number of nitrogens with zero attached hydrogens (tertiary/aromatic N) is 2. The molecule has 2 heterocycles. The van der Waals surface area contributed by atoms with Crippen molar-refractivity contribution >= 4 is 11.8 Å². The molecule has 1 aromatic carbocycles. The zero-order chi connectivity index (χ0) is 19.8. The van der Waals surface area contributed by atoms with Crippen molar-refractivity contribution in [2.45, 2.75) is 72.4 Å². The van der Waals surface area contributed by atoms with Crippen LogP contribution in [-0.2, 0) is 17.6 Å². The molecule has 0 N–H and O–H groups in total. The van der Waals surface area contributed by atoms with Crippen molar-refractivity contribution in [2.24, 2.45) is 0 Å². The molecule has 2 aliphatic rings. The number of carbonyl (C=O) groups excluding carboxylic acids is 1. The van der Waals surface area contributed by atoms with Gasteiger partial charge in [0.15, 0.2) is 0 Å². The first-order valence-corrected chi connectivity index (χ1v) is 10.2. The first-order valence-electron chi connectivity index (χ1n) is 10.2. The summed E-state index contributed by atoms with van der Waals surface area (Å²) in [5.41, 5.74) is 4.78. The average molecular weight is 375 g/mol. The molecule has 27 heavy (non-hydrogen) atoms. The zero-order valence-corrected chi connectivity index (χ0v) is 17.7. The number of carbonyl (C=O) groups is 1. The Balaban J connectivity index is 1.87. The number of benzene rings is 1. The van der Waals surface area contributed by atoms with E-state index in [-0.39, 0.29) is 6.09 Å². The summed E-state index contributed by atoms with van der Waals surface area (Å²) in [7, 11) is 0. The number of hydrogen-bond donors (Lipinski definition) is 0. The summed E-state index contributed by atoms with van der Waals surface area (Å²) < 4.78 is 11.7. The van der Waals surface area contributed by atoms with E-state index in [1.165, 1.54) is 22.4 Å². The smallest absolute Gasteiger partial charge is 0.410 e. The highest BCUT2D eigenvalue weighted by Gasteiger charge is 2.30. The van der Waals surface area contributed by atoms with E-state index in [0.717, 1.165) is 38.2 Å². The monoisotopic (exact) mass is 374 g/mol. The summed E-state index contributed by atoms with van der Waals surface area (Å²) in [4.78, 5) is 16.8. The lowest BCUT2D eigenvalue weighted by Gasteiger charge is -2.39. The maximum atomic E-state index is 12.5. The van der Waals surface area contributed by atoms with Gasteiger partial charge in [-0.25, -0.2) is 4.79 Å². The molecule has 0 radical (unpaired) electrons. The molecule has 0 spiro atoms. The Kier molecular flexibility index (Phi) is 5.59. The van der Waals surface area contributed by atoms with Gasteiger partial charge in [0.2, 0.25) is 0 Å². The van der Waals surface area contributed by atoms with Gasteiger partial charge in [-0.3, -0.25) is 0 Å². The Labute approximate surface area is 163 Å². The highest BCUT2D eigenvalue weighted by molar-refractivity contribution is 5.71. The maximum absolute atomic E-state index is 12.5. The molecule has 0 saturated heterocycles. The van der Waals surface area contributed by atoms with Crippen LogP contribution in [0.5, 0.6) is 5.75 Å². The molecule has 5 heteroatoms. The van der Waals surface area contributed by atoms with Crippen LogP contribution < -0.4 is 9.64 Å². The van der Waals surface area contributed by atoms with Crippen LogP contribution in [0.2, 0.25) is 0 Å². The average Bonchev–Trinajstić information content (AvgIpc) is 2.79. The van der Waals surface area contributed by atoms with Crippen molar-refractivity contribution in [3.63, 3.8) is 0 Å². The second-order valence-electron chi connectivity index (χ2n) is 8.81. The van der Waals surface area contributed by atoms with E-state index in [2.05, 4.69) is 31.7 Å². The molecular weight excluding hydrogens is 340 g/mol. The number of anilines is 1. The normalized spacial score (nSPS) is 19.7. The molecule has 5 nitrogen and oxygen atoms in total. The third-order valence-corrected chi connectivity index (χ3v) is 5.43. The van der Waals surface area contributed by atoms with Gasteiger partial charge in [0.05, 0.1) is 11.7 Å². The van der Waals surface area contributed by atoms with Gasteiger partial charge < -0.3 is 19.3 Å². The van der Waals surface area contributed by atoms with Gasteiger partial charge in [0, 0.05) is 19.6 Å². The molecule has 0 saturated carbocycles. The molecule has 0 fully saturated rings. The molecule has 0 aromatic heterocycles. The zero-order valence-electron chi connectivity index (χ0n) is 17.7. The van der Waals surface area contributed by atoms with E-state index >= 15 is 0 Å². The third kappa shape index (κ3) is 4.17. The van der Waals surface area contributed by atoms with Crippen molar-refractivity contribution in [3.05, 3.63) is 22.8 Å². The lowest BCUT2D eigenvalue weighted by Crippen LogP contribution is -2.42. The third-order valence-electron chi connectivity index (χ3n) is 5.43. The second-order valence-corrected chi connectivity index (χ2v) is 8.81. The van der Waals surface area contributed by atoms with Crippen molar-refractivity contribution in [2.75, 3.05) is 31.1 Å². The van der Waals surface area contributed by atoms with Crippen LogP contribution in [0.25, 0.3) is 0 Å². The number of hydrogen-bond acceptors (Lipinski definition) is 4. The predicted molar refractivity (Wildman–Crippen MR) is 109 cm³/mol. The predicted octanol–water partition coefficient (Wildman–Crippen LogP) is 4.33. The molecule has 1 atom stereocenters. The Morgan fingerprint density at radius 1 is 1.30 bits per heavy atom. The molecule has 1 amide bonds. The topological polar surface area (TPSA) is 42.0 Å². The van der Waals surface area contributed by atoms with Crippen molar-refractivity contribution in [1.82, 2.24) is 4.90 Å². The molecular formula is C22H34N2O3. The Morgan fingerprint density at radius 3 is 2.67 bits per heavy atom. The minimum Gasteiger partial charge on any atom is -0.489 e. The number of fused-ring (bicyclic) bond motifs is 2. The Morgan fingerprint density at radius 2 is 2.00 bits per heavy atom. The van der Waals surface area contributed by atoms with Crippen LogP contribution >= 0.6 is 0 Å². The minimum atomic E-state index is -0.462. The van der Waals surface area contributed by atoms with Gasteiger partial charge in [-0.2, -0.15) is 0 Å². The van der Waals surface area contributed by atoms with E-state index in [1.807, 2.05) is 25.7 Å². The van der Waals surface area contributed by atoms with E-state index in [0.29, 0.717) is 19.1 Å². The fourth-order valence-electron chi connectivity index (χ4n) is 4.14.